The van der Waals surface area contributed by atoms with E-state index in [-0.39, 0.29) is 5.69 Å². The lowest BCUT2D eigenvalue weighted by molar-refractivity contribution is 0.102. The fraction of sp³-hybridized carbons (Fsp3) is 0. The third-order valence-electron chi connectivity index (χ3n) is 2.48. The minimum atomic E-state index is -4.89. The molecule has 4 nitrogen and oxygen atoms in total. The molecule has 0 aliphatic heterocycles. The molecule has 1 N–H and O–H groups in total. The third-order valence-corrected chi connectivity index (χ3v) is 3.86. The minimum Gasteiger partial charge on any atom is -0.321 e. The van der Waals surface area contributed by atoms with Crippen molar-refractivity contribution in [3.05, 3.63) is 58.6 Å². The molecule has 0 unspecified atom stereocenters. The van der Waals surface area contributed by atoms with Gasteiger partial charge in [-0.25, -0.2) is 0 Å². The fourth-order valence-electron chi connectivity index (χ4n) is 1.61. The summed E-state index contributed by atoms with van der Waals surface area (Å²) >= 11 is 3.23. The van der Waals surface area contributed by atoms with E-state index in [0.717, 1.165) is 6.07 Å². The molecular formula is C13H9BrFNO3S. The van der Waals surface area contributed by atoms with E-state index in [4.69, 9.17) is 0 Å². The van der Waals surface area contributed by atoms with Gasteiger partial charge in [0, 0.05) is 10.0 Å². The zero-order chi connectivity index (χ0) is 14.8. The second-order valence-electron chi connectivity index (χ2n) is 3.90. The minimum absolute atomic E-state index is 0.0972. The molecule has 0 saturated heterocycles. The van der Waals surface area contributed by atoms with Crippen LogP contribution in [0.2, 0.25) is 0 Å². The van der Waals surface area contributed by atoms with Gasteiger partial charge in [0.2, 0.25) is 0 Å². The number of hydrogen-bond donors (Lipinski definition) is 1. The maximum absolute atomic E-state index is 13.1. The molecule has 0 heterocycles. The standard InChI is InChI=1S/C13H9BrFNO3S/c14-10-5-3-4-9(8-10)13(17)16-11-6-1-2-7-12(11)20(15,18)19/h1-8H,(H,16,17). The predicted octanol–water partition coefficient (Wildman–Crippen LogP) is 3.36. The molecule has 2 rings (SSSR count). The van der Waals surface area contributed by atoms with E-state index in [9.17, 15) is 17.1 Å². The summed E-state index contributed by atoms with van der Waals surface area (Å²) in [6, 6.07) is 11.8. The smallest absolute Gasteiger partial charge is 0.321 e. The van der Waals surface area contributed by atoms with Gasteiger partial charge in [-0.05, 0) is 30.3 Å². The molecule has 0 spiro atoms. The summed E-state index contributed by atoms with van der Waals surface area (Å²) in [6.07, 6.45) is 0. The first-order valence-electron chi connectivity index (χ1n) is 5.48. The molecule has 7 heteroatoms. The van der Waals surface area contributed by atoms with Crippen LogP contribution >= 0.6 is 15.9 Å². The average Bonchev–Trinajstić information content (AvgIpc) is 2.38. The van der Waals surface area contributed by atoms with E-state index in [1.165, 1.54) is 18.2 Å². The van der Waals surface area contributed by atoms with Gasteiger partial charge in [-0.3, -0.25) is 4.79 Å². The zero-order valence-electron chi connectivity index (χ0n) is 10.0. The van der Waals surface area contributed by atoms with Crippen LogP contribution in [0.5, 0.6) is 0 Å². The summed E-state index contributed by atoms with van der Waals surface area (Å²) in [5.74, 6) is -0.526. The van der Waals surface area contributed by atoms with Gasteiger partial charge in [-0.2, -0.15) is 8.42 Å². The van der Waals surface area contributed by atoms with Gasteiger partial charge in [0.15, 0.2) is 0 Å². The molecule has 104 valence electrons. The quantitative estimate of drug-likeness (QED) is 0.856. The van der Waals surface area contributed by atoms with Crippen molar-refractivity contribution in [1.82, 2.24) is 0 Å². The van der Waals surface area contributed by atoms with Gasteiger partial charge in [-0.15, -0.1) is 3.89 Å². The number of halogens is 2. The second-order valence-corrected chi connectivity index (χ2v) is 6.13. The molecule has 20 heavy (non-hydrogen) atoms. The van der Waals surface area contributed by atoms with Crippen LogP contribution < -0.4 is 5.32 Å². The Balaban J connectivity index is 2.34. The number of amides is 1. The molecule has 0 fully saturated rings. The number of carbonyl (C=O) groups excluding carboxylic acids is 1. The molecule has 0 atom stereocenters. The number of anilines is 1. The molecule has 0 aliphatic rings. The lowest BCUT2D eigenvalue weighted by Crippen LogP contribution is -2.13. The van der Waals surface area contributed by atoms with Gasteiger partial charge in [-0.1, -0.05) is 34.1 Å². The molecule has 1 amide bonds. The van der Waals surface area contributed by atoms with Crippen LogP contribution in [0, 0.1) is 0 Å². The molecule has 0 aliphatic carbocycles. The van der Waals surface area contributed by atoms with E-state index in [1.807, 2.05) is 0 Å². The molecular weight excluding hydrogens is 349 g/mol. The van der Waals surface area contributed by atoms with Gasteiger partial charge < -0.3 is 5.32 Å². The van der Waals surface area contributed by atoms with Crippen LogP contribution in [0.15, 0.2) is 57.9 Å². The van der Waals surface area contributed by atoms with E-state index in [2.05, 4.69) is 21.2 Å². The zero-order valence-corrected chi connectivity index (χ0v) is 12.4. The Hall–Kier alpha value is -1.73. The summed E-state index contributed by atoms with van der Waals surface area (Å²) in [5, 5.41) is 2.38. The monoisotopic (exact) mass is 357 g/mol. The normalized spacial score (nSPS) is 11.1. The Morgan fingerprint density at radius 2 is 1.80 bits per heavy atom. The maximum atomic E-state index is 13.1. The fourth-order valence-corrected chi connectivity index (χ4v) is 2.63. The first-order valence-corrected chi connectivity index (χ1v) is 7.66. The van der Waals surface area contributed by atoms with Crippen LogP contribution in [-0.2, 0) is 10.2 Å². The van der Waals surface area contributed by atoms with E-state index < -0.39 is 21.0 Å². The van der Waals surface area contributed by atoms with Gasteiger partial charge >= 0.3 is 10.2 Å². The SMILES string of the molecule is O=C(Nc1ccccc1S(=O)(=O)F)c1cccc(Br)c1. The summed E-state index contributed by atoms with van der Waals surface area (Å²) in [7, 11) is -4.89. The van der Waals surface area contributed by atoms with Crippen LogP contribution in [0.25, 0.3) is 0 Å². The highest BCUT2D eigenvalue weighted by atomic mass is 79.9. The van der Waals surface area contributed by atoms with Crippen molar-refractivity contribution in [3.8, 4) is 0 Å². The molecule has 2 aromatic carbocycles. The van der Waals surface area contributed by atoms with Crippen molar-refractivity contribution in [2.45, 2.75) is 4.90 Å². The average molecular weight is 358 g/mol. The van der Waals surface area contributed by atoms with Crippen LogP contribution in [0.4, 0.5) is 9.57 Å². The predicted molar refractivity (Wildman–Crippen MR) is 76.8 cm³/mol. The van der Waals surface area contributed by atoms with Gasteiger partial charge in [0.05, 0.1) is 5.69 Å². The molecule has 0 radical (unpaired) electrons. The second kappa shape index (κ2) is 5.72. The first-order chi connectivity index (χ1) is 9.38. The van der Waals surface area contributed by atoms with Crippen LogP contribution in [0.1, 0.15) is 10.4 Å². The summed E-state index contributed by atoms with van der Waals surface area (Å²) in [5.41, 5.74) is 0.227. The highest BCUT2D eigenvalue weighted by Gasteiger charge is 2.18. The number of hydrogen-bond acceptors (Lipinski definition) is 3. The Morgan fingerprint density at radius 1 is 1.10 bits per heavy atom. The number of rotatable bonds is 3. The summed E-state index contributed by atoms with van der Waals surface area (Å²) in [4.78, 5) is 11.4. The van der Waals surface area contributed by atoms with Crippen molar-refractivity contribution in [2.75, 3.05) is 5.32 Å². The van der Waals surface area contributed by atoms with Gasteiger partial charge in [0.25, 0.3) is 5.91 Å². The Labute approximate surface area is 124 Å². The Bertz CT molecular complexity index is 762. The van der Waals surface area contributed by atoms with E-state index >= 15 is 0 Å². The summed E-state index contributed by atoms with van der Waals surface area (Å²) in [6.45, 7) is 0. The Kier molecular flexibility index (Phi) is 4.20. The van der Waals surface area contributed by atoms with Crippen molar-refractivity contribution < 1.29 is 17.1 Å². The van der Waals surface area contributed by atoms with Crippen LogP contribution in [0.3, 0.4) is 0 Å². The highest BCUT2D eigenvalue weighted by Crippen LogP contribution is 2.23. The third kappa shape index (κ3) is 3.43. The van der Waals surface area contributed by atoms with Crippen molar-refractivity contribution in [2.24, 2.45) is 0 Å². The van der Waals surface area contributed by atoms with Crippen molar-refractivity contribution in [3.63, 3.8) is 0 Å². The Morgan fingerprint density at radius 3 is 2.45 bits per heavy atom. The lowest BCUT2D eigenvalue weighted by Gasteiger charge is -2.08. The first kappa shape index (κ1) is 14.7. The lowest BCUT2D eigenvalue weighted by atomic mass is 10.2. The number of carbonyl (C=O) groups is 1. The van der Waals surface area contributed by atoms with E-state index in [0.29, 0.717) is 10.0 Å². The molecule has 0 aromatic heterocycles. The van der Waals surface area contributed by atoms with E-state index in [1.54, 1.807) is 24.3 Å². The van der Waals surface area contributed by atoms with Crippen molar-refractivity contribution in [1.29, 1.82) is 0 Å². The number of para-hydroxylation sites is 1. The highest BCUT2D eigenvalue weighted by molar-refractivity contribution is 9.10. The van der Waals surface area contributed by atoms with Crippen LogP contribution in [-0.4, -0.2) is 14.3 Å². The summed E-state index contributed by atoms with van der Waals surface area (Å²) < 4.78 is 35.8. The molecule has 2 aromatic rings. The number of benzene rings is 2. The number of nitrogens with one attached hydrogen (secondary N) is 1. The van der Waals surface area contributed by atoms with Gasteiger partial charge in [0.1, 0.15) is 4.90 Å². The van der Waals surface area contributed by atoms with Crippen molar-refractivity contribution >= 4 is 37.7 Å². The molecule has 0 saturated carbocycles. The topological polar surface area (TPSA) is 63.2 Å². The maximum Gasteiger partial charge on any atom is 0.334 e. The largest absolute Gasteiger partial charge is 0.334 e. The molecule has 0 bridgehead atoms.